The molecule has 4 heteroatoms. The summed E-state index contributed by atoms with van der Waals surface area (Å²) in [5.74, 6) is 1.43. The van der Waals surface area contributed by atoms with Crippen molar-refractivity contribution in [2.75, 3.05) is 10.6 Å². The summed E-state index contributed by atoms with van der Waals surface area (Å²) in [5, 5.41) is 6.41. The zero-order valence-electron chi connectivity index (χ0n) is 17.7. The number of benzene rings is 2. The van der Waals surface area contributed by atoms with Crippen LogP contribution in [0.2, 0.25) is 0 Å². The average Bonchev–Trinajstić information content (AvgIpc) is 2.87. The van der Waals surface area contributed by atoms with Crippen LogP contribution in [0.25, 0.3) is 0 Å². The van der Waals surface area contributed by atoms with Crippen LogP contribution in [0.15, 0.2) is 71.0 Å². The molecule has 2 aromatic rings. The third-order valence-electron chi connectivity index (χ3n) is 5.42. The molecule has 30 heavy (non-hydrogen) atoms. The van der Waals surface area contributed by atoms with Gasteiger partial charge in [-0.3, -0.25) is 4.79 Å². The second kappa shape index (κ2) is 11.3. The third-order valence-corrected chi connectivity index (χ3v) is 5.42. The van der Waals surface area contributed by atoms with E-state index in [-0.39, 0.29) is 13.3 Å². The standard InChI is InChI=1S/C25H31N3O.CH4/c1-4-24(29)26-21-11-8-12-22(17-21)27-25-19(3)14-13-18(2)23(28-25)16-15-20-9-6-5-7-10-20;/h5-12,17-18,27H,4,13-16H2,1-3H3,(H,26,29);1H4. The van der Waals surface area contributed by atoms with Crippen molar-refractivity contribution in [2.45, 2.75) is 60.3 Å². The van der Waals surface area contributed by atoms with Crippen molar-refractivity contribution in [1.82, 2.24) is 0 Å². The Morgan fingerprint density at radius 1 is 1.07 bits per heavy atom. The van der Waals surface area contributed by atoms with Crippen LogP contribution in [0.5, 0.6) is 0 Å². The van der Waals surface area contributed by atoms with Crippen molar-refractivity contribution < 1.29 is 4.79 Å². The Morgan fingerprint density at radius 3 is 2.53 bits per heavy atom. The normalized spacial score (nSPS) is 16.2. The monoisotopic (exact) mass is 405 g/mol. The molecule has 0 aliphatic carbocycles. The van der Waals surface area contributed by atoms with E-state index in [1.165, 1.54) is 16.8 Å². The number of aliphatic imine (C=N–C) groups is 1. The summed E-state index contributed by atoms with van der Waals surface area (Å²) in [6.07, 6.45) is 4.60. The van der Waals surface area contributed by atoms with Crippen LogP contribution in [0.3, 0.4) is 0 Å². The van der Waals surface area contributed by atoms with Gasteiger partial charge < -0.3 is 10.6 Å². The number of nitrogens with zero attached hydrogens (tertiary/aromatic N) is 1. The quantitative estimate of drug-likeness (QED) is 0.531. The van der Waals surface area contributed by atoms with Crippen molar-refractivity contribution in [1.29, 1.82) is 0 Å². The summed E-state index contributed by atoms with van der Waals surface area (Å²) in [4.78, 5) is 16.7. The molecule has 1 aliphatic rings. The fourth-order valence-electron chi connectivity index (χ4n) is 3.48. The van der Waals surface area contributed by atoms with Crippen LogP contribution in [-0.2, 0) is 11.2 Å². The van der Waals surface area contributed by atoms with E-state index in [0.717, 1.165) is 42.9 Å². The highest BCUT2D eigenvalue weighted by atomic mass is 16.1. The van der Waals surface area contributed by atoms with Gasteiger partial charge in [-0.1, -0.05) is 57.7 Å². The molecule has 1 aliphatic heterocycles. The first-order chi connectivity index (χ1) is 14.0. The number of carbonyl (C=O) groups is 1. The molecule has 1 amide bonds. The molecule has 0 saturated carbocycles. The summed E-state index contributed by atoms with van der Waals surface area (Å²) < 4.78 is 0. The number of anilines is 2. The summed E-state index contributed by atoms with van der Waals surface area (Å²) in [5.41, 5.74) is 5.61. The van der Waals surface area contributed by atoms with E-state index >= 15 is 0 Å². The first-order valence-corrected chi connectivity index (χ1v) is 10.5. The van der Waals surface area contributed by atoms with Gasteiger partial charge in [0.15, 0.2) is 0 Å². The van der Waals surface area contributed by atoms with Crippen molar-refractivity contribution in [3.05, 3.63) is 71.6 Å². The molecular formula is C26H35N3O. The highest BCUT2D eigenvalue weighted by Gasteiger charge is 2.17. The fraction of sp³-hybridized carbons (Fsp3) is 0.385. The van der Waals surface area contributed by atoms with Gasteiger partial charge in [-0.05, 0) is 67.9 Å². The summed E-state index contributed by atoms with van der Waals surface area (Å²) in [6.45, 7) is 6.28. The molecule has 1 atom stereocenters. The van der Waals surface area contributed by atoms with Crippen LogP contribution in [0, 0.1) is 5.92 Å². The fourth-order valence-corrected chi connectivity index (χ4v) is 3.48. The van der Waals surface area contributed by atoms with Crippen molar-refractivity contribution in [2.24, 2.45) is 10.9 Å². The lowest BCUT2D eigenvalue weighted by Gasteiger charge is -2.14. The van der Waals surface area contributed by atoms with E-state index in [1.54, 1.807) is 0 Å². The number of rotatable bonds is 7. The van der Waals surface area contributed by atoms with Gasteiger partial charge in [0.25, 0.3) is 0 Å². The van der Waals surface area contributed by atoms with Crippen molar-refractivity contribution >= 4 is 23.0 Å². The van der Waals surface area contributed by atoms with Gasteiger partial charge in [-0.15, -0.1) is 0 Å². The summed E-state index contributed by atoms with van der Waals surface area (Å²) in [6, 6.07) is 18.4. The van der Waals surface area contributed by atoms with Gasteiger partial charge >= 0.3 is 0 Å². The number of amides is 1. The zero-order chi connectivity index (χ0) is 20.6. The molecule has 1 unspecified atom stereocenters. The maximum absolute atomic E-state index is 11.7. The lowest BCUT2D eigenvalue weighted by molar-refractivity contribution is -0.115. The molecule has 2 N–H and O–H groups in total. The number of nitrogens with one attached hydrogen (secondary N) is 2. The number of hydrogen-bond donors (Lipinski definition) is 2. The highest BCUT2D eigenvalue weighted by molar-refractivity contribution is 5.91. The first-order valence-electron chi connectivity index (χ1n) is 10.5. The second-order valence-electron chi connectivity index (χ2n) is 7.76. The molecule has 0 spiro atoms. The minimum absolute atomic E-state index is 0. The zero-order valence-corrected chi connectivity index (χ0v) is 17.7. The lowest BCUT2D eigenvalue weighted by atomic mass is 9.94. The average molecular weight is 406 g/mol. The van der Waals surface area contributed by atoms with Gasteiger partial charge in [0.05, 0.1) is 0 Å². The number of carbonyl (C=O) groups excluding carboxylic acids is 1. The number of aryl methyl sites for hydroxylation is 1. The second-order valence-corrected chi connectivity index (χ2v) is 7.76. The Balaban J connectivity index is 0.00000320. The van der Waals surface area contributed by atoms with Crippen LogP contribution in [0.4, 0.5) is 11.4 Å². The van der Waals surface area contributed by atoms with Crippen LogP contribution in [-0.4, -0.2) is 11.6 Å². The van der Waals surface area contributed by atoms with E-state index in [4.69, 9.17) is 4.99 Å². The smallest absolute Gasteiger partial charge is 0.224 e. The largest absolute Gasteiger partial charge is 0.340 e. The lowest BCUT2D eigenvalue weighted by Crippen LogP contribution is -2.12. The van der Waals surface area contributed by atoms with Crippen LogP contribution >= 0.6 is 0 Å². The van der Waals surface area contributed by atoms with E-state index in [2.05, 4.69) is 54.8 Å². The molecule has 3 rings (SSSR count). The van der Waals surface area contributed by atoms with Gasteiger partial charge in [0.1, 0.15) is 5.82 Å². The third kappa shape index (κ3) is 6.58. The molecule has 0 bridgehead atoms. The Kier molecular flexibility index (Phi) is 8.85. The van der Waals surface area contributed by atoms with Gasteiger partial charge in [-0.2, -0.15) is 0 Å². The number of hydrogen-bond acceptors (Lipinski definition) is 3. The Hall–Kier alpha value is -2.88. The van der Waals surface area contributed by atoms with Gasteiger partial charge in [0, 0.05) is 23.5 Å². The SMILES string of the molecule is C.CCC(=O)Nc1cccc(NC2=C(C)CCC(C)C(CCc3ccccc3)=N2)c1. The Morgan fingerprint density at radius 2 is 1.80 bits per heavy atom. The van der Waals surface area contributed by atoms with Crippen LogP contribution in [0.1, 0.15) is 59.4 Å². The Labute approximate surface area is 181 Å². The molecular weight excluding hydrogens is 370 g/mol. The molecule has 2 aromatic carbocycles. The highest BCUT2D eigenvalue weighted by Crippen LogP contribution is 2.26. The summed E-state index contributed by atoms with van der Waals surface area (Å²) >= 11 is 0. The minimum atomic E-state index is 0. The summed E-state index contributed by atoms with van der Waals surface area (Å²) in [7, 11) is 0. The first kappa shape index (κ1) is 23.4. The molecule has 1 heterocycles. The minimum Gasteiger partial charge on any atom is -0.340 e. The molecule has 0 radical (unpaired) electrons. The van der Waals surface area contributed by atoms with Crippen molar-refractivity contribution in [3.8, 4) is 0 Å². The van der Waals surface area contributed by atoms with Gasteiger partial charge in [-0.25, -0.2) is 4.99 Å². The predicted octanol–water partition coefficient (Wildman–Crippen LogP) is 6.82. The van der Waals surface area contributed by atoms with E-state index in [0.29, 0.717) is 12.3 Å². The van der Waals surface area contributed by atoms with E-state index in [9.17, 15) is 4.79 Å². The number of allylic oxidation sites excluding steroid dienone is 1. The van der Waals surface area contributed by atoms with Crippen molar-refractivity contribution in [3.63, 3.8) is 0 Å². The maximum Gasteiger partial charge on any atom is 0.224 e. The molecule has 160 valence electrons. The molecule has 4 nitrogen and oxygen atoms in total. The van der Waals surface area contributed by atoms with E-state index < -0.39 is 0 Å². The van der Waals surface area contributed by atoms with Gasteiger partial charge in [0.2, 0.25) is 5.91 Å². The molecule has 0 saturated heterocycles. The van der Waals surface area contributed by atoms with E-state index in [1.807, 2.05) is 31.2 Å². The van der Waals surface area contributed by atoms with Crippen LogP contribution < -0.4 is 10.6 Å². The molecule has 0 fully saturated rings. The predicted molar refractivity (Wildman–Crippen MR) is 129 cm³/mol. The molecule has 0 aromatic heterocycles. The topological polar surface area (TPSA) is 53.5 Å². The Bertz CT molecular complexity index is 900. The maximum atomic E-state index is 11.7.